The van der Waals surface area contributed by atoms with Crippen LogP contribution in [-0.4, -0.2) is 16.8 Å². The van der Waals surface area contributed by atoms with Crippen LogP contribution in [0.1, 0.15) is 22.2 Å². The van der Waals surface area contributed by atoms with E-state index in [0.717, 1.165) is 4.47 Å². The van der Waals surface area contributed by atoms with E-state index in [9.17, 15) is 19.1 Å². The van der Waals surface area contributed by atoms with E-state index in [1.54, 1.807) is 60.7 Å². The summed E-state index contributed by atoms with van der Waals surface area (Å²) in [5.41, 5.74) is 0.955. The molecule has 5 aromatic rings. The molecule has 4 aromatic carbocycles. The van der Waals surface area contributed by atoms with Crippen LogP contribution in [0, 0.1) is 5.82 Å². The highest BCUT2D eigenvalue weighted by Gasteiger charge is 2.45. The van der Waals surface area contributed by atoms with Gasteiger partial charge < -0.3 is 14.3 Å². The van der Waals surface area contributed by atoms with Crippen molar-refractivity contribution in [3.05, 3.63) is 136 Å². The highest BCUT2D eigenvalue weighted by atomic mass is 79.9. The van der Waals surface area contributed by atoms with Crippen LogP contribution < -0.4 is 9.64 Å². The van der Waals surface area contributed by atoms with Crippen molar-refractivity contribution in [1.29, 1.82) is 0 Å². The zero-order valence-corrected chi connectivity index (χ0v) is 21.8. The third kappa shape index (κ3) is 4.59. The molecule has 6 rings (SSSR count). The van der Waals surface area contributed by atoms with E-state index in [-0.39, 0.29) is 17.0 Å². The zero-order valence-electron chi connectivity index (χ0n) is 20.2. The minimum atomic E-state index is -1.08. The third-order valence-electron chi connectivity index (χ3n) is 6.39. The summed E-state index contributed by atoms with van der Waals surface area (Å²) in [7, 11) is 0. The zero-order chi connectivity index (χ0) is 27.1. The standard InChI is InChI=1S/C31H19BrFNO5/c32-20-12-13-25-19(14-20)16-26(39-25)29(35)27-28(34(31(37)30(27)36)22-8-5-7-21(33)17-22)18-6-4-11-24(15-18)38-23-9-2-1-3-10-23/h1-17,28,36H. The smallest absolute Gasteiger partial charge is 0.294 e. The van der Waals surface area contributed by atoms with Gasteiger partial charge in [-0.05, 0) is 72.3 Å². The van der Waals surface area contributed by atoms with Gasteiger partial charge in [0.2, 0.25) is 5.78 Å². The Balaban J connectivity index is 1.47. The van der Waals surface area contributed by atoms with Gasteiger partial charge in [-0.15, -0.1) is 0 Å². The lowest BCUT2D eigenvalue weighted by molar-refractivity contribution is -0.117. The number of aliphatic hydroxyl groups excluding tert-OH is 1. The van der Waals surface area contributed by atoms with Gasteiger partial charge in [-0.3, -0.25) is 14.5 Å². The van der Waals surface area contributed by atoms with Crippen molar-refractivity contribution < 1.29 is 28.2 Å². The maximum absolute atomic E-state index is 14.2. The molecule has 6 nitrogen and oxygen atoms in total. The van der Waals surface area contributed by atoms with Crippen LogP contribution in [0.25, 0.3) is 11.0 Å². The van der Waals surface area contributed by atoms with Gasteiger partial charge in [0.1, 0.15) is 22.9 Å². The molecule has 1 amide bonds. The molecule has 39 heavy (non-hydrogen) atoms. The number of nitrogens with zero attached hydrogens (tertiary/aromatic N) is 1. The molecule has 0 spiro atoms. The minimum Gasteiger partial charge on any atom is -0.503 e. The van der Waals surface area contributed by atoms with Crippen LogP contribution in [0.15, 0.2) is 123 Å². The van der Waals surface area contributed by atoms with Crippen LogP contribution in [0.4, 0.5) is 10.1 Å². The number of halogens is 2. The number of hydrogen-bond donors (Lipinski definition) is 1. The monoisotopic (exact) mass is 583 g/mol. The number of Topliss-reactive ketones (excluding diaryl/α,β-unsaturated/α-hetero) is 1. The largest absolute Gasteiger partial charge is 0.503 e. The molecule has 0 saturated carbocycles. The summed E-state index contributed by atoms with van der Waals surface area (Å²) in [5, 5.41) is 11.7. The van der Waals surface area contributed by atoms with Crippen molar-refractivity contribution in [3.63, 3.8) is 0 Å². The lowest BCUT2D eigenvalue weighted by Gasteiger charge is -2.27. The number of rotatable bonds is 6. The van der Waals surface area contributed by atoms with Gasteiger partial charge in [-0.2, -0.15) is 0 Å². The molecule has 1 atom stereocenters. The Morgan fingerprint density at radius 3 is 2.46 bits per heavy atom. The first-order valence-corrected chi connectivity index (χ1v) is 12.8. The fourth-order valence-corrected chi connectivity index (χ4v) is 5.06. The number of ether oxygens (including phenoxy) is 1. The molecule has 1 aromatic heterocycles. The summed E-state index contributed by atoms with van der Waals surface area (Å²) in [6.07, 6.45) is 0. The molecule has 1 aliphatic rings. The number of anilines is 1. The second kappa shape index (κ2) is 9.89. The van der Waals surface area contributed by atoms with Gasteiger partial charge in [-0.25, -0.2) is 4.39 Å². The van der Waals surface area contributed by atoms with Crippen LogP contribution >= 0.6 is 15.9 Å². The highest BCUT2D eigenvalue weighted by molar-refractivity contribution is 9.10. The van der Waals surface area contributed by atoms with Crippen molar-refractivity contribution in [2.24, 2.45) is 0 Å². The van der Waals surface area contributed by atoms with Crippen LogP contribution in [-0.2, 0) is 4.79 Å². The number of furan rings is 1. The van der Waals surface area contributed by atoms with E-state index < -0.39 is 29.3 Å². The van der Waals surface area contributed by atoms with E-state index in [1.807, 2.05) is 18.2 Å². The molecule has 2 heterocycles. The Bertz CT molecular complexity index is 1780. The fraction of sp³-hybridized carbons (Fsp3) is 0.0323. The van der Waals surface area contributed by atoms with Gasteiger partial charge in [0.15, 0.2) is 11.5 Å². The summed E-state index contributed by atoms with van der Waals surface area (Å²) in [5.74, 6) is -1.78. The number of fused-ring (bicyclic) bond motifs is 1. The third-order valence-corrected chi connectivity index (χ3v) is 6.89. The molecule has 1 N–H and O–H groups in total. The fourth-order valence-electron chi connectivity index (χ4n) is 4.68. The predicted octanol–water partition coefficient (Wildman–Crippen LogP) is 7.91. The van der Waals surface area contributed by atoms with Gasteiger partial charge in [0, 0.05) is 15.5 Å². The molecule has 0 fully saturated rings. The first-order chi connectivity index (χ1) is 18.9. The summed E-state index contributed by atoms with van der Waals surface area (Å²) in [6.45, 7) is 0. The molecule has 0 radical (unpaired) electrons. The summed E-state index contributed by atoms with van der Waals surface area (Å²) < 4.78 is 26.8. The van der Waals surface area contributed by atoms with Gasteiger partial charge in [0.05, 0.1) is 11.6 Å². The van der Waals surface area contributed by atoms with Crippen molar-refractivity contribution in [3.8, 4) is 11.5 Å². The van der Waals surface area contributed by atoms with Gasteiger partial charge in [0.25, 0.3) is 5.91 Å². The second-order valence-electron chi connectivity index (χ2n) is 8.93. The van der Waals surface area contributed by atoms with Crippen molar-refractivity contribution in [2.75, 3.05) is 4.90 Å². The van der Waals surface area contributed by atoms with Gasteiger partial charge >= 0.3 is 0 Å². The number of carbonyl (C=O) groups is 2. The number of amides is 1. The Morgan fingerprint density at radius 2 is 1.67 bits per heavy atom. The number of aliphatic hydroxyl groups is 1. The maximum atomic E-state index is 14.2. The number of carbonyl (C=O) groups excluding carboxylic acids is 2. The van der Waals surface area contributed by atoms with E-state index in [4.69, 9.17) is 9.15 Å². The summed E-state index contributed by atoms with van der Waals surface area (Å²) in [6, 6.07) is 27.2. The molecule has 0 aliphatic carbocycles. The van der Waals surface area contributed by atoms with Gasteiger partial charge in [-0.1, -0.05) is 52.3 Å². The lowest BCUT2D eigenvalue weighted by atomic mass is 9.94. The van der Waals surface area contributed by atoms with Crippen LogP contribution in [0.2, 0.25) is 0 Å². The Kier molecular flexibility index (Phi) is 6.24. The molecule has 0 bridgehead atoms. The average molecular weight is 584 g/mol. The van der Waals surface area contributed by atoms with E-state index in [0.29, 0.717) is 28.0 Å². The number of benzene rings is 4. The SMILES string of the molecule is O=C(C1=C(O)C(=O)N(c2cccc(F)c2)C1c1cccc(Oc2ccccc2)c1)c1cc2cc(Br)ccc2o1. The maximum Gasteiger partial charge on any atom is 0.294 e. The van der Waals surface area contributed by atoms with Crippen molar-refractivity contribution in [2.45, 2.75) is 6.04 Å². The highest BCUT2D eigenvalue weighted by Crippen LogP contribution is 2.43. The average Bonchev–Trinajstić information content (AvgIpc) is 3.47. The topological polar surface area (TPSA) is 80.0 Å². The first-order valence-electron chi connectivity index (χ1n) is 12.0. The van der Waals surface area contributed by atoms with E-state index >= 15 is 0 Å². The van der Waals surface area contributed by atoms with Crippen LogP contribution in [0.3, 0.4) is 0 Å². The Morgan fingerprint density at radius 1 is 0.897 bits per heavy atom. The molecule has 0 saturated heterocycles. The molecule has 1 unspecified atom stereocenters. The molecular weight excluding hydrogens is 565 g/mol. The normalized spacial score (nSPS) is 15.3. The summed E-state index contributed by atoms with van der Waals surface area (Å²) >= 11 is 3.40. The molecule has 1 aliphatic heterocycles. The van der Waals surface area contributed by atoms with Crippen molar-refractivity contribution in [1.82, 2.24) is 0 Å². The molecule has 8 heteroatoms. The van der Waals surface area contributed by atoms with E-state index in [2.05, 4.69) is 15.9 Å². The quantitative estimate of drug-likeness (QED) is 0.205. The Hall–Kier alpha value is -4.69. The number of ketones is 1. The van der Waals surface area contributed by atoms with E-state index in [1.165, 1.54) is 29.2 Å². The Labute approximate surface area is 230 Å². The van der Waals surface area contributed by atoms with Crippen LogP contribution in [0.5, 0.6) is 11.5 Å². The predicted molar refractivity (Wildman–Crippen MR) is 147 cm³/mol. The first kappa shape index (κ1) is 24.6. The lowest BCUT2D eigenvalue weighted by Crippen LogP contribution is -2.31. The molecule has 192 valence electrons. The minimum absolute atomic E-state index is 0.0415. The molecular formula is C31H19BrFNO5. The second-order valence-corrected chi connectivity index (χ2v) is 9.85. The number of hydrogen-bond acceptors (Lipinski definition) is 5. The van der Waals surface area contributed by atoms with Crippen molar-refractivity contribution >= 4 is 44.3 Å². The number of para-hydroxylation sites is 1. The summed E-state index contributed by atoms with van der Waals surface area (Å²) in [4.78, 5) is 28.5.